The highest BCUT2D eigenvalue weighted by Crippen LogP contribution is 2.30. The quantitative estimate of drug-likeness (QED) is 0.348. The lowest BCUT2D eigenvalue weighted by Crippen LogP contribution is -2.18. The van der Waals surface area contributed by atoms with E-state index in [2.05, 4.69) is 27.4 Å². The van der Waals surface area contributed by atoms with Crippen molar-refractivity contribution in [3.05, 3.63) is 70.0 Å². The summed E-state index contributed by atoms with van der Waals surface area (Å²) in [5.74, 6) is -0.0896. The monoisotopic (exact) mass is 424 g/mol. The molecule has 0 fully saturated rings. The SMILES string of the molecule is C=C(C)CNCCCCC(=O)Nc1cc(-c2n[nH]c(=O)c3ccccc23)ccc1Cl. The first-order valence-corrected chi connectivity index (χ1v) is 10.3. The Hall–Kier alpha value is -2.96. The summed E-state index contributed by atoms with van der Waals surface area (Å²) in [6.45, 7) is 7.46. The molecule has 3 rings (SSSR count). The van der Waals surface area contributed by atoms with Gasteiger partial charge in [-0.15, -0.1) is 0 Å². The molecule has 0 spiro atoms. The summed E-state index contributed by atoms with van der Waals surface area (Å²) in [4.78, 5) is 24.4. The lowest BCUT2D eigenvalue weighted by atomic mass is 10.0. The molecule has 30 heavy (non-hydrogen) atoms. The number of rotatable bonds is 9. The minimum Gasteiger partial charge on any atom is -0.325 e. The van der Waals surface area contributed by atoms with E-state index < -0.39 is 0 Å². The minimum absolute atomic E-state index is 0.0896. The van der Waals surface area contributed by atoms with Gasteiger partial charge in [0.05, 0.1) is 21.8 Å². The van der Waals surface area contributed by atoms with Crippen LogP contribution in [0.15, 0.2) is 59.4 Å². The molecule has 7 heteroatoms. The number of halogens is 1. The Morgan fingerprint density at radius 3 is 2.70 bits per heavy atom. The van der Waals surface area contributed by atoms with Gasteiger partial charge in [0.15, 0.2) is 0 Å². The second-order valence-corrected chi connectivity index (χ2v) is 7.69. The molecule has 0 aliphatic heterocycles. The van der Waals surface area contributed by atoms with Gasteiger partial charge in [0.25, 0.3) is 5.56 Å². The van der Waals surface area contributed by atoms with Crippen LogP contribution in [0, 0.1) is 0 Å². The number of fused-ring (bicyclic) bond motifs is 1. The highest BCUT2D eigenvalue weighted by Gasteiger charge is 2.12. The number of nitrogens with one attached hydrogen (secondary N) is 3. The van der Waals surface area contributed by atoms with Crippen molar-refractivity contribution in [2.75, 3.05) is 18.4 Å². The van der Waals surface area contributed by atoms with E-state index in [0.717, 1.165) is 42.5 Å². The summed E-state index contributed by atoms with van der Waals surface area (Å²) in [7, 11) is 0. The van der Waals surface area contributed by atoms with Crippen LogP contribution >= 0.6 is 11.6 Å². The van der Waals surface area contributed by atoms with E-state index in [4.69, 9.17) is 11.6 Å². The van der Waals surface area contributed by atoms with Crippen LogP contribution in [0.4, 0.5) is 5.69 Å². The second kappa shape index (κ2) is 10.2. The number of carbonyl (C=O) groups is 1. The molecule has 6 nitrogen and oxygen atoms in total. The molecule has 0 aliphatic rings. The molecule has 0 unspecified atom stereocenters. The standard InChI is InChI=1S/C23H25ClN4O2/c1-15(2)14-25-12-6-5-9-21(29)26-20-13-16(10-11-19(20)24)22-17-7-3-4-8-18(17)23(30)28-27-22/h3-4,7-8,10-11,13,25H,1,5-6,9,12,14H2,2H3,(H,26,29)(H,28,30). The van der Waals surface area contributed by atoms with Crippen molar-refractivity contribution in [3.8, 4) is 11.3 Å². The first-order valence-electron chi connectivity index (χ1n) is 9.88. The lowest BCUT2D eigenvalue weighted by Gasteiger charge is -2.11. The number of hydrogen-bond acceptors (Lipinski definition) is 4. The van der Waals surface area contributed by atoms with Crippen molar-refractivity contribution >= 4 is 34.0 Å². The summed E-state index contributed by atoms with van der Waals surface area (Å²) in [5.41, 5.74) is 2.75. The van der Waals surface area contributed by atoms with Crippen LogP contribution in [-0.2, 0) is 4.79 Å². The molecule has 156 valence electrons. The Morgan fingerprint density at radius 1 is 1.17 bits per heavy atom. The molecular weight excluding hydrogens is 400 g/mol. The van der Waals surface area contributed by atoms with Crippen LogP contribution in [0.1, 0.15) is 26.2 Å². The Bertz CT molecular complexity index is 1120. The first-order chi connectivity index (χ1) is 14.5. The number of aromatic nitrogens is 2. The fourth-order valence-corrected chi connectivity index (χ4v) is 3.32. The summed E-state index contributed by atoms with van der Waals surface area (Å²) >= 11 is 6.29. The number of anilines is 1. The average Bonchev–Trinajstić information content (AvgIpc) is 2.73. The maximum Gasteiger partial charge on any atom is 0.272 e. The lowest BCUT2D eigenvalue weighted by molar-refractivity contribution is -0.116. The molecule has 0 aliphatic carbocycles. The van der Waals surface area contributed by atoms with Crippen LogP contribution in [-0.4, -0.2) is 29.2 Å². The zero-order chi connectivity index (χ0) is 21.5. The number of H-pyrrole nitrogens is 1. The van der Waals surface area contributed by atoms with Gasteiger partial charge in [0.2, 0.25) is 5.91 Å². The van der Waals surface area contributed by atoms with Gasteiger partial charge in [-0.05, 0) is 44.5 Å². The highest BCUT2D eigenvalue weighted by atomic mass is 35.5. The number of unbranched alkanes of at least 4 members (excludes halogenated alkanes) is 1. The van der Waals surface area contributed by atoms with Gasteiger partial charge in [0, 0.05) is 23.9 Å². The summed E-state index contributed by atoms with van der Waals surface area (Å²) < 4.78 is 0. The Labute approximate surface area is 180 Å². The number of carbonyl (C=O) groups excluding carboxylic acids is 1. The normalized spacial score (nSPS) is 10.9. The fraction of sp³-hybridized carbons (Fsp3) is 0.261. The molecule has 0 saturated carbocycles. The number of nitrogens with zero attached hydrogens (tertiary/aromatic N) is 1. The third-order valence-corrected chi connectivity index (χ3v) is 4.97. The summed E-state index contributed by atoms with van der Waals surface area (Å²) in [6, 6.07) is 12.6. The van der Waals surface area contributed by atoms with Crippen molar-refractivity contribution in [2.24, 2.45) is 0 Å². The van der Waals surface area contributed by atoms with Gasteiger partial charge >= 0.3 is 0 Å². The molecule has 3 N–H and O–H groups in total. The Kier molecular flexibility index (Phi) is 7.38. The van der Waals surface area contributed by atoms with Gasteiger partial charge in [-0.3, -0.25) is 9.59 Å². The topological polar surface area (TPSA) is 86.9 Å². The van der Waals surface area contributed by atoms with E-state index >= 15 is 0 Å². The van der Waals surface area contributed by atoms with E-state index in [1.54, 1.807) is 18.2 Å². The minimum atomic E-state index is -0.241. The third kappa shape index (κ3) is 5.55. The third-order valence-electron chi connectivity index (χ3n) is 4.64. The smallest absolute Gasteiger partial charge is 0.272 e. The van der Waals surface area contributed by atoms with Crippen LogP contribution in [0.3, 0.4) is 0 Å². The van der Waals surface area contributed by atoms with E-state index in [9.17, 15) is 9.59 Å². The Balaban J connectivity index is 1.69. The molecule has 1 heterocycles. The van der Waals surface area contributed by atoms with E-state index in [-0.39, 0.29) is 11.5 Å². The number of hydrogen-bond donors (Lipinski definition) is 3. The van der Waals surface area contributed by atoms with Crippen molar-refractivity contribution in [1.82, 2.24) is 15.5 Å². The molecule has 1 aromatic heterocycles. The van der Waals surface area contributed by atoms with Crippen molar-refractivity contribution < 1.29 is 4.79 Å². The van der Waals surface area contributed by atoms with Crippen LogP contribution in [0.5, 0.6) is 0 Å². The molecule has 0 saturated heterocycles. The molecule has 2 aromatic carbocycles. The van der Waals surface area contributed by atoms with Crippen molar-refractivity contribution in [1.29, 1.82) is 0 Å². The van der Waals surface area contributed by atoms with Crippen LogP contribution in [0.2, 0.25) is 5.02 Å². The molecule has 3 aromatic rings. The second-order valence-electron chi connectivity index (χ2n) is 7.28. The van der Waals surface area contributed by atoms with Gasteiger partial charge in [-0.25, -0.2) is 5.10 Å². The molecule has 0 atom stereocenters. The van der Waals surface area contributed by atoms with Gasteiger partial charge in [-0.1, -0.05) is 48.0 Å². The first kappa shape index (κ1) is 21.7. The zero-order valence-corrected chi connectivity index (χ0v) is 17.7. The van der Waals surface area contributed by atoms with E-state index in [1.165, 1.54) is 0 Å². The maximum atomic E-state index is 12.3. The average molecular weight is 425 g/mol. The molecule has 0 bridgehead atoms. The largest absolute Gasteiger partial charge is 0.325 e. The summed E-state index contributed by atoms with van der Waals surface area (Å²) in [5, 5.41) is 14.6. The Morgan fingerprint density at radius 2 is 1.93 bits per heavy atom. The predicted octanol–water partition coefficient (Wildman–Crippen LogP) is 4.52. The van der Waals surface area contributed by atoms with Crippen LogP contribution < -0.4 is 16.2 Å². The highest BCUT2D eigenvalue weighted by molar-refractivity contribution is 6.33. The number of aromatic amines is 1. The molecule has 0 radical (unpaired) electrons. The summed E-state index contributed by atoms with van der Waals surface area (Å²) in [6.07, 6.45) is 2.09. The van der Waals surface area contributed by atoms with E-state index in [0.29, 0.717) is 28.2 Å². The number of benzene rings is 2. The van der Waals surface area contributed by atoms with Gasteiger partial charge in [-0.2, -0.15) is 5.10 Å². The van der Waals surface area contributed by atoms with E-state index in [1.807, 2.05) is 31.2 Å². The molecule has 1 amide bonds. The number of amides is 1. The van der Waals surface area contributed by atoms with Gasteiger partial charge < -0.3 is 10.6 Å². The molecular formula is C23H25ClN4O2. The maximum absolute atomic E-state index is 12.3. The van der Waals surface area contributed by atoms with Gasteiger partial charge in [0.1, 0.15) is 0 Å². The zero-order valence-electron chi connectivity index (χ0n) is 16.9. The fourth-order valence-electron chi connectivity index (χ4n) is 3.15. The van der Waals surface area contributed by atoms with Crippen molar-refractivity contribution in [2.45, 2.75) is 26.2 Å². The predicted molar refractivity (Wildman–Crippen MR) is 123 cm³/mol. The van der Waals surface area contributed by atoms with Crippen molar-refractivity contribution in [3.63, 3.8) is 0 Å². The van der Waals surface area contributed by atoms with Crippen LogP contribution in [0.25, 0.3) is 22.0 Å².